The van der Waals surface area contributed by atoms with Gasteiger partial charge < -0.3 is 10.1 Å². The van der Waals surface area contributed by atoms with Crippen molar-refractivity contribution in [2.75, 3.05) is 13.1 Å². The molecule has 126 valence electrons. The molecule has 1 aliphatic carbocycles. The Morgan fingerprint density at radius 2 is 2.12 bits per heavy atom. The molecule has 2 aliphatic heterocycles. The molecule has 1 fully saturated rings. The highest BCUT2D eigenvalue weighted by Gasteiger charge is 2.36. The van der Waals surface area contributed by atoms with Crippen LogP contribution in [-0.4, -0.2) is 34.6 Å². The number of nitrogens with one attached hydrogen (secondary N) is 1. The lowest BCUT2D eigenvalue weighted by atomic mass is 9.93. The van der Waals surface area contributed by atoms with Gasteiger partial charge in [0.15, 0.2) is 5.82 Å². The minimum Gasteiger partial charge on any atom is -0.494 e. The molecule has 1 saturated heterocycles. The zero-order valence-electron chi connectivity index (χ0n) is 14.0. The van der Waals surface area contributed by atoms with Gasteiger partial charge in [-0.2, -0.15) is 10.1 Å². The maximum atomic E-state index is 12.2. The van der Waals surface area contributed by atoms with Crippen LogP contribution in [0.1, 0.15) is 50.0 Å². The van der Waals surface area contributed by atoms with Crippen molar-refractivity contribution in [1.29, 1.82) is 0 Å². The highest BCUT2D eigenvalue weighted by atomic mass is 16.5. The molecule has 3 heterocycles. The lowest BCUT2D eigenvalue weighted by Gasteiger charge is -2.25. The molecule has 1 N–H and O–H groups in total. The second-order valence-electron chi connectivity index (χ2n) is 6.77. The fourth-order valence-electron chi connectivity index (χ4n) is 3.64. The van der Waals surface area contributed by atoms with Crippen molar-refractivity contribution < 1.29 is 4.74 Å². The molecule has 0 amide bonds. The van der Waals surface area contributed by atoms with Gasteiger partial charge >= 0.3 is 0 Å². The number of piperidine rings is 1. The predicted octanol–water partition coefficient (Wildman–Crippen LogP) is 1.89. The molecule has 3 aliphatic rings. The largest absolute Gasteiger partial charge is 0.494 e. The molecule has 1 aromatic rings. The van der Waals surface area contributed by atoms with E-state index in [1.54, 1.807) is 6.07 Å². The van der Waals surface area contributed by atoms with Crippen LogP contribution in [0.15, 0.2) is 39.9 Å². The number of rotatable bonds is 3. The van der Waals surface area contributed by atoms with Gasteiger partial charge in [-0.3, -0.25) is 4.79 Å². The number of hydrogen-bond donors (Lipinski definition) is 1. The van der Waals surface area contributed by atoms with Gasteiger partial charge in [0.2, 0.25) is 0 Å². The van der Waals surface area contributed by atoms with Gasteiger partial charge in [0, 0.05) is 12.0 Å². The minimum absolute atomic E-state index is 0.0670. The second-order valence-corrected chi connectivity index (χ2v) is 6.77. The summed E-state index contributed by atoms with van der Waals surface area (Å²) in [5.74, 6) is 1.66. The van der Waals surface area contributed by atoms with Gasteiger partial charge in [-0.15, -0.1) is 0 Å². The number of nitrogens with zero attached hydrogens (tertiary/aromatic N) is 3. The van der Waals surface area contributed by atoms with Crippen molar-refractivity contribution in [3.63, 3.8) is 0 Å². The van der Waals surface area contributed by atoms with Crippen LogP contribution in [0.25, 0.3) is 0 Å². The first kappa shape index (κ1) is 15.3. The Morgan fingerprint density at radius 3 is 2.88 bits per heavy atom. The van der Waals surface area contributed by atoms with Crippen molar-refractivity contribution in [3.8, 4) is 0 Å². The van der Waals surface area contributed by atoms with Crippen LogP contribution in [0.2, 0.25) is 0 Å². The summed E-state index contributed by atoms with van der Waals surface area (Å²) in [6.45, 7) is 5.93. The van der Waals surface area contributed by atoms with Gasteiger partial charge in [0.05, 0.1) is 17.5 Å². The van der Waals surface area contributed by atoms with Crippen LogP contribution in [0.4, 0.5) is 0 Å². The Kier molecular flexibility index (Phi) is 3.84. The van der Waals surface area contributed by atoms with E-state index < -0.39 is 0 Å². The van der Waals surface area contributed by atoms with E-state index in [1.807, 2.05) is 36.8 Å². The summed E-state index contributed by atoms with van der Waals surface area (Å²) in [4.78, 5) is 16.5. The molecule has 4 rings (SSSR count). The molecule has 0 aromatic carbocycles. The number of fused-ring (bicyclic) bond motifs is 3. The van der Waals surface area contributed by atoms with Gasteiger partial charge in [0.25, 0.3) is 5.56 Å². The highest BCUT2D eigenvalue weighted by molar-refractivity contribution is 6.04. The van der Waals surface area contributed by atoms with Crippen molar-refractivity contribution >= 4 is 5.71 Å². The SMILES string of the molecule is CC(C)OC1=CC=CC2=Nn3c(C4CCNCC4)cc(=O)nc3C12. The molecular weight excluding hydrogens is 304 g/mol. The third-order valence-electron chi connectivity index (χ3n) is 4.67. The second kappa shape index (κ2) is 6.02. The summed E-state index contributed by atoms with van der Waals surface area (Å²) in [5, 5.41) is 8.12. The molecule has 0 saturated carbocycles. The van der Waals surface area contributed by atoms with Gasteiger partial charge in [0.1, 0.15) is 11.7 Å². The van der Waals surface area contributed by atoms with Crippen molar-refractivity contribution in [1.82, 2.24) is 15.0 Å². The van der Waals surface area contributed by atoms with Crippen LogP contribution < -0.4 is 10.9 Å². The smallest absolute Gasteiger partial charge is 0.273 e. The summed E-state index contributed by atoms with van der Waals surface area (Å²) in [5.41, 5.74) is 1.68. The van der Waals surface area contributed by atoms with E-state index in [9.17, 15) is 4.79 Å². The Bertz CT molecular complexity index is 798. The Morgan fingerprint density at radius 1 is 1.33 bits per heavy atom. The molecule has 6 heteroatoms. The average molecular weight is 326 g/mol. The van der Waals surface area contributed by atoms with E-state index in [-0.39, 0.29) is 17.6 Å². The van der Waals surface area contributed by atoms with Crippen LogP contribution >= 0.6 is 0 Å². The molecule has 6 nitrogen and oxygen atoms in total. The molecule has 1 aromatic heterocycles. The van der Waals surface area contributed by atoms with Crippen molar-refractivity contribution in [2.24, 2.45) is 5.10 Å². The summed E-state index contributed by atoms with van der Waals surface area (Å²) in [7, 11) is 0. The third-order valence-corrected chi connectivity index (χ3v) is 4.67. The number of allylic oxidation sites excluding steroid dienone is 4. The molecule has 24 heavy (non-hydrogen) atoms. The van der Waals surface area contributed by atoms with E-state index in [0.29, 0.717) is 11.7 Å². The van der Waals surface area contributed by atoms with Crippen LogP contribution in [0.5, 0.6) is 0 Å². The first-order valence-corrected chi connectivity index (χ1v) is 8.62. The zero-order valence-corrected chi connectivity index (χ0v) is 14.0. The van der Waals surface area contributed by atoms with Crippen LogP contribution in [-0.2, 0) is 4.74 Å². The zero-order chi connectivity index (χ0) is 16.7. The summed E-state index contributed by atoms with van der Waals surface area (Å²) < 4.78 is 7.83. The van der Waals surface area contributed by atoms with Gasteiger partial charge in [-0.05, 0) is 51.9 Å². The Labute approximate surface area is 140 Å². The van der Waals surface area contributed by atoms with Crippen LogP contribution in [0.3, 0.4) is 0 Å². The minimum atomic E-state index is -0.190. The van der Waals surface area contributed by atoms with Gasteiger partial charge in [-0.1, -0.05) is 6.08 Å². The molecule has 0 bridgehead atoms. The lowest BCUT2D eigenvalue weighted by molar-refractivity contribution is 0.139. The van der Waals surface area contributed by atoms with E-state index >= 15 is 0 Å². The van der Waals surface area contributed by atoms with E-state index in [1.165, 1.54) is 0 Å². The molecule has 1 unspecified atom stereocenters. The first-order valence-electron chi connectivity index (χ1n) is 8.62. The molecule has 1 atom stereocenters. The Hall–Kier alpha value is -2.21. The van der Waals surface area contributed by atoms with E-state index in [2.05, 4.69) is 10.3 Å². The Balaban J connectivity index is 1.79. The monoisotopic (exact) mass is 326 g/mol. The summed E-state index contributed by atoms with van der Waals surface area (Å²) >= 11 is 0. The maximum absolute atomic E-state index is 12.2. The van der Waals surface area contributed by atoms with Gasteiger partial charge in [-0.25, -0.2) is 4.68 Å². The first-order chi connectivity index (χ1) is 11.6. The molecule has 0 radical (unpaired) electrons. The average Bonchev–Trinajstić information content (AvgIpc) is 2.94. The normalized spacial score (nSPS) is 22.9. The lowest BCUT2D eigenvalue weighted by Crippen LogP contribution is -2.29. The standard InChI is InChI=1S/C18H22N4O2/c1-11(2)24-15-5-3-4-13-17(15)18-20-16(23)10-14(22(18)21-13)12-6-8-19-9-7-12/h3-5,10-12,17,19H,6-9H2,1-2H3. The fraction of sp³-hybridized carbons (Fsp3) is 0.500. The quantitative estimate of drug-likeness (QED) is 0.921. The topological polar surface area (TPSA) is 68.5 Å². The third kappa shape index (κ3) is 2.60. The number of aromatic nitrogens is 2. The molecular formula is C18H22N4O2. The van der Waals surface area contributed by atoms with Crippen molar-refractivity contribution in [2.45, 2.75) is 44.6 Å². The summed E-state index contributed by atoms with van der Waals surface area (Å²) in [6.07, 6.45) is 7.96. The maximum Gasteiger partial charge on any atom is 0.273 e. The number of hydrogen-bond acceptors (Lipinski definition) is 5. The van der Waals surface area contributed by atoms with E-state index in [0.717, 1.165) is 43.1 Å². The fourth-order valence-corrected chi connectivity index (χ4v) is 3.64. The van der Waals surface area contributed by atoms with Crippen LogP contribution in [0, 0.1) is 0 Å². The molecule has 0 spiro atoms. The predicted molar refractivity (Wildman–Crippen MR) is 92.4 cm³/mol. The summed E-state index contributed by atoms with van der Waals surface area (Å²) in [6, 6.07) is 1.65. The van der Waals surface area contributed by atoms with E-state index in [4.69, 9.17) is 9.84 Å². The number of ether oxygens (including phenoxy) is 1. The van der Waals surface area contributed by atoms with Crippen molar-refractivity contribution in [3.05, 3.63) is 51.9 Å². The highest BCUT2D eigenvalue weighted by Crippen LogP contribution is 2.36.